The molecule has 0 fully saturated rings. The van der Waals surface area contributed by atoms with Gasteiger partial charge in [0.05, 0.1) is 18.6 Å². The van der Waals surface area contributed by atoms with Crippen LogP contribution in [0.15, 0.2) is 48.5 Å². The van der Waals surface area contributed by atoms with E-state index >= 15 is 0 Å². The quantitative estimate of drug-likeness (QED) is 0.346. The normalized spacial score (nSPS) is 12.0. The molecule has 2 amide bonds. The summed E-state index contributed by atoms with van der Waals surface area (Å²) in [7, 11) is -3.55. The fraction of sp³-hybridized carbons (Fsp3) is 0.500. The number of benzene rings is 2. The highest BCUT2D eigenvalue weighted by Gasteiger charge is 2.26. The Kier molecular flexibility index (Phi) is 11.9. The summed E-state index contributed by atoms with van der Waals surface area (Å²) >= 11 is 0. The van der Waals surface area contributed by atoms with Crippen LogP contribution in [-0.2, 0) is 26.2 Å². The topological polar surface area (TPSA) is 96.0 Å². The molecule has 2 aromatic carbocycles. The zero-order valence-corrected chi connectivity index (χ0v) is 23.5. The van der Waals surface area contributed by atoms with Crippen molar-refractivity contribution in [1.29, 1.82) is 0 Å². The third-order valence-electron chi connectivity index (χ3n) is 6.02. The van der Waals surface area contributed by atoms with Crippen molar-refractivity contribution in [3.63, 3.8) is 0 Å². The van der Waals surface area contributed by atoms with Gasteiger partial charge in [0.2, 0.25) is 21.8 Å². The van der Waals surface area contributed by atoms with Gasteiger partial charge in [-0.15, -0.1) is 0 Å². The molecular formula is C28H41N3O5S. The van der Waals surface area contributed by atoms with Crippen LogP contribution in [-0.4, -0.2) is 57.1 Å². The summed E-state index contributed by atoms with van der Waals surface area (Å²) in [5.74, 6) is 0.272. The molecule has 2 rings (SSSR count). The van der Waals surface area contributed by atoms with Crippen LogP contribution in [0.25, 0.3) is 0 Å². The van der Waals surface area contributed by atoms with Gasteiger partial charge in [-0.3, -0.25) is 13.9 Å². The number of nitrogens with zero attached hydrogens (tertiary/aromatic N) is 2. The van der Waals surface area contributed by atoms with Crippen LogP contribution in [0, 0.1) is 6.92 Å². The molecule has 2 aromatic rings. The monoisotopic (exact) mass is 531 g/mol. The van der Waals surface area contributed by atoms with Crippen LogP contribution < -0.4 is 14.4 Å². The summed E-state index contributed by atoms with van der Waals surface area (Å²) in [6.07, 6.45) is 3.41. The first-order valence-corrected chi connectivity index (χ1v) is 14.7. The van der Waals surface area contributed by atoms with E-state index in [0.717, 1.165) is 30.2 Å². The first-order chi connectivity index (χ1) is 17.6. The van der Waals surface area contributed by atoms with Crippen molar-refractivity contribution in [2.24, 2.45) is 0 Å². The zero-order chi connectivity index (χ0) is 27.4. The van der Waals surface area contributed by atoms with Crippen LogP contribution >= 0.6 is 0 Å². The summed E-state index contributed by atoms with van der Waals surface area (Å²) in [4.78, 5) is 27.7. The van der Waals surface area contributed by atoms with Crippen LogP contribution in [0.3, 0.4) is 0 Å². The molecule has 0 heterocycles. The number of rotatable bonds is 15. The second kappa shape index (κ2) is 14.6. The summed E-state index contributed by atoms with van der Waals surface area (Å²) < 4.78 is 31.7. The highest BCUT2D eigenvalue weighted by molar-refractivity contribution is 7.92. The second-order valence-corrected chi connectivity index (χ2v) is 11.1. The first-order valence-electron chi connectivity index (χ1n) is 12.9. The Labute approximate surface area is 222 Å². The van der Waals surface area contributed by atoms with Crippen molar-refractivity contribution in [2.75, 3.05) is 30.3 Å². The highest BCUT2D eigenvalue weighted by Crippen LogP contribution is 2.22. The molecule has 9 heteroatoms. The van der Waals surface area contributed by atoms with E-state index in [1.54, 1.807) is 36.1 Å². The van der Waals surface area contributed by atoms with E-state index in [-0.39, 0.29) is 24.8 Å². The van der Waals surface area contributed by atoms with Crippen LogP contribution in [0.2, 0.25) is 0 Å². The fourth-order valence-electron chi connectivity index (χ4n) is 4.01. The minimum atomic E-state index is -3.55. The molecule has 8 nitrogen and oxygen atoms in total. The summed E-state index contributed by atoms with van der Waals surface area (Å²) in [5.41, 5.74) is 2.52. The van der Waals surface area contributed by atoms with Crippen LogP contribution in [0.4, 0.5) is 5.69 Å². The lowest BCUT2D eigenvalue weighted by Crippen LogP contribution is -2.48. The molecule has 1 unspecified atom stereocenters. The maximum absolute atomic E-state index is 13.4. The maximum atomic E-state index is 13.4. The van der Waals surface area contributed by atoms with Crippen LogP contribution in [0.1, 0.15) is 57.6 Å². The summed E-state index contributed by atoms with van der Waals surface area (Å²) in [6, 6.07) is 14.0. The predicted molar refractivity (Wildman–Crippen MR) is 148 cm³/mol. The Bertz CT molecular complexity index is 1120. The number of carbonyl (C=O) groups excluding carboxylic acids is 2. The number of nitrogens with one attached hydrogen (secondary N) is 1. The van der Waals surface area contributed by atoms with E-state index in [2.05, 4.69) is 12.2 Å². The molecule has 37 heavy (non-hydrogen) atoms. The molecule has 0 aromatic heterocycles. The Morgan fingerprint density at radius 3 is 2.35 bits per heavy atom. The average molecular weight is 532 g/mol. The van der Waals surface area contributed by atoms with Gasteiger partial charge < -0.3 is 15.0 Å². The van der Waals surface area contributed by atoms with Crippen molar-refractivity contribution >= 4 is 27.5 Å². The maximum Gasteiger partial charge on any atom is 0.242 e. The molecule has 0 spiro atoms. The summed E-state index contributed by atoms with van der Waals surface area (Å²) in [5, 5.41) is 2.91. The Balaban J connectivity index is 2.13. The number of sulfonamides is 1. The molecule has 0 bridgehead atoms. The van der Waals surface area contributed by atoms with E-state index in [1.807, 2.05) is 38.1 Å². The standard InChI is InChI=1S/C28H41N3O5S/c1-6-8-18-29-28(33)23(4)30(21-24-12-9-11-22(3)20-24)27(32)13-10-19-31(37(5,34)35)25-14-16-26(17-15-25)36-7-2/h9,11-12,14-17,20,23H,6-8,10,13,18-19,21H2,1-5H3,(H,29,33). The van der Waals surface area contributed by atoms with E-state index in [9.17, 15) is 18.0 Å². The third kappa shape index (κ3) is 9.72. The predicted octanol–water partition coefficient (Wildman–Crippen LogP) is 4.27. The third-order valence-corrected chi connectivity index (χ3v) is 7.21. The molecule has 0 aliphatic carbocycles. The van der Waals surface area contributed by atoms with E-state index in [0.29, 0.717) is 37.6 Å². The molecular weight excluding hydrogens is 490 g/mol. The smallest absolute Gasteiger partial charge is 0.242 e. The average Bonchev–Trinajstić information content (AvgIpc) is 2.85. The molecule has 0 aliphatic rings. The van der Waals surface area contributed by atoms with Crippen LogP contribution in [0.5, 0.6) is 5.75 Å². The number of amides is 2. The van der Waals surface area contributed by atoms with Gasteiger partial charge in [0.15, 0.2) is 0 Å². The van der Waals surface area contributed by atoms with Gasteiger partial charge >= 0.3 is 0 Å². The highest BCUT2D eigenvalue weighted by atomic mass is 32.2. The van der Waals surface area contributed by atoms with Crippen molar-refractivity contribution in [2.45, 2.75) is 66.0 Å². The van der Waals surface area contributed by atoms with Gasteiger partial charge in [0.1, 0.15) is 11.8 Å². The number of carbonyl (C=O) groups is 2. The van der Waals surface area contributed by atoms with Gasteiger partial charge in [-0.05, 0) is 63.4 Å². The number of ether oxygens (including phenoxy) is 1. The number of aryl methyl sites for hydroxylation is 1. The minimum absolute atomic E-state index is 0.113. The number of hydrogen-bond donors (Lipinski definition) is 1. The fourth-order valence-corrected chi connectivity index (χ4v) is 4.97. The molecule has 0 saturated heterocycles. The van der Waals surface area contributed by atoms with Crippen molar-refractivity contribution in [1.82, 2.24) is 10.2 Å². The minimum Gasteiger partial charge on any atom is -0.494 e. The SMILES string of the molecule is CCCCNC(=O)C(C)N(Cc1cccc(C)c1)C(=O)CCCN(c1ccc(OCC)cc1)S(C)(=O)=O. The van der Waals surface area contributed by atoms with E-state index < -0.39 is 16.1 Å². The second-order valence-electron chi connectivity index (χ2n) is 9.20. The van der Waals surface area contributed by atoms with E-state index in [4.69, 9.17) is 4.74 Å². The van der Waals surface area contributed by atoms with Gasteiger partial charge in [0, 0.05) is 26.1 Å². The van der Waals surface area contributed by atoms with Gasteiger partial charge in [-0.2, -0.15) is 0 Å². The lowest BCUT2D eigenvalue weighted by atomic mass is 10.1. The number of hydrogen-bond acceptors (Lipinski definition) is 5. The molecule has 1 N–H and O–H groups in total. The molecule has 0 aliphatic heterocycles. The molecule has 1 atom stereocenters. The number of anilines is 1. The molecule has 0 saturated carbocycles. The lowest BCUT2D eigenvalue weighted by Gasteiger charge is -2.29. The largest absolute Gasteiger partial charge is 0.494 e. The first kappa shape index (κ1) is 30.2. The van der Waals surface area contributed by atoms with Crippen molar-refractivity contribution < 1.29 is 22.7 Å². The van der Waals surface area contributed by atoms with Gasteiger partial charge in [-0.25, -0.2) is 8.42 Å². The molecule has 0 radical (unpaired) electrons. The Hall–Kier alpha value is -3.07. The van der Waals surface area contributed by atoms with Gasteiger partial charge in [-0.1, -0.05) is 43.2 Å². The Morgan fingerprint density at radius 1 is 1.05 bits per heavy atom. The van der Waals surface area contributed by atoms with Gasteiger partial charge in [0.25, 0.3) is 0 Å². The van der Waals surface area contributed by atoms with Crippen molar-refractivity contribution in [3.05, 3.63) is 59.7 Å². The van der Waals surface area contributed by atoms with E-state index in [1.165, 1.54) is 4.31 Å². The Morgan fingerprint density at radius 2 is 1.76 bits per heavy atom. The summed E-state index contributed by atoms with van der Waals surface area (Å²) in [6.45, 7) is 9.19. The lowest BCUT2D eigenvalue weighted by molar-refractivity contribution is -0.140. The molecule has 204 valence electrons. The van der Waals surface area contributed by atoms with Crippen molar-refractivity contribution in [3.8, 4) is 5.75 Å². The zero-order valence-electron chi connectivity index (χ0n) is 22.7. The number of unbranched alkanes of at least 4 members (excludes halogenated alkanes) is 1.